The summed E-state index contributed by atoms with van der Waals surface area (Å²) < 4.78 is 0. The average Bonchev–Trinajstić information content (AvgIpc) is 2.87. The second kappa shape index (κ2) is 7.13. The van der Waals surface area contributed by atoms with E-state index in [0.29, 0.717) is 11.1 Å². The lowest BCUT2D eigenvalue weighted by Crippen LogP contribution is -2.26. The molecule has 0 N–H and O–H groups in total. The minimum atomic E-state index is -0.0802. The van der Waals surface area contributed by atoms with Crippen molar-refractivity contribution in [1.29, 1.82) is 0 Å². The van der Waals surface area contributed by atoms with Crippen molar-refractivity contribution < 1.29 is 4.79 Å². The second-order valence-corrected chi connectivity index (χ2v) is 7.92. The molecule has 0 saturated heterocycles. The van der Waals surface area contributed by atoms with Gasteiger partial charge in [-0.3, -0.25) is 4.79 Å². The van der Waals surface area contributed by atoms with Gasteiger partial charge in [-0.25, -0.2) is 9.97 Å². The Labute approximate surface area is 184 Å². The van der Waals surface area contributed by atoms with E-state index < -0.39 is 0 Å². The molecule has 152 valence electrons. The van der Waals surface area contributed by atoms with Crippen LogP contribution in [0.15, 0.2) is 97.1 Å². The van der Waals surface area contributed by atoms with Crippen LogP contribution < -0.4 is 4.90 Å². The first-order valence-electron chi connectivity index (χ1n) is 10.5. The summed E-state index contributed by atoms with van der Waals surface area (Å²) in [6, 6.07) is 31.8. The number of aromatic nitrogens is 2. The van der Waals surface area contributed by atoms with Gasteiger partial charge in [-0.2, -0.15) is 0 Å². The van der Waals surface area contributed by atoms with Crippen LogP contribution in [-0.4, -0.2) is 22.9 Å². The highest BCUT2D eigenvalue weighted by molar-refractivity contribution is 6.23. The van der Waals surface area contributed by atoms with Crippen LogP contribution in [0.3, 0.4) is 0 Å². The molecule has 1 amide bonds. The van der Waals surface area contributed by atoms with Crippen LogP contribution in [0.1, 0.15) is 10.4 Å². The maximum atomic E-state index is 13.1. The van der Waals surface area contributed by atoms with Gasteiger partial charge in [-0.1, -0.05) is 66.7 Å². The number of para-hydroxylation sites is 1. The van der Waals surface area contributed by atoms with E-state index in [4.69, 9.17) is 9.97 Å². The van der Waals surface area contributed by atoms with E-state index in [1.165, 1.54) is 5.39 Å². The van der Waals surface area contributed by atoms with Crippen molar-refractivity contribution in [2.24, 2.45) is 0 Å². The van der Waals surface area contributed by atoms with Crippen molar-refractivity contribution in [2.75, 3.05) is 11.9 Å². The number of carbonyl (C=O) groups excluding carboxylic acids is 1. The molecular weight excluding hydrogens is 394 g/mol. The van der Waals surface area contributed by atoms with Gasteiger partial charge >= 0.3 is 0 Å². The molecule has 0 aliphatic carbocycles. The van der Waals surface area contributed by atoms with Crippen LogP contribution in [0.25, 0.3) is 43.6 Å². The van der Waals surface area contributed by atoms with Gasteiger partial charge in [0.2, 0.25) is 0 Å². The van der Waals surface area contributed by atoms with Crippen molar-refractivity contribution in [3.8, 4) is 0 Å². The molecule has 6 aromatic rings. The first kappa shape index (κ1) is 18.5. The van der Waals surface area contributed by atoms with Gasteiger partial charge in [0.1, 0.15) is 0 Å². The largest absolute Gasteiger partial charge is 0.311 e. The molecule has 0 unspecified atom stereocenters. The summed E-state index contributed by atoms with van der Waals surface area (Å²) >= 11 is 0. The highest BCUT2D eigenvalue weighted by Gasteiger charge is 2.16. The zero-order valence-electron chi connectivity index (χ0n) is 17.5. The van der Waals surface area contributed by atoms with Crippen LogP contribution in [0.5, 0.6) is 0 Å². The fourth-order valence-corrected chi connectivity index (χ4v) is 4.37. The second-order valence-electron chi connectivity index (χ2n) is 7.92. The smallest absolute Gasteiger partial charge is 0.258 e. The molecule has 6 rings (SSSR count). The van der Waals surface area contributed by atoms with Gasteiger partial charge in [0.15, 0.2) is 0 Å². The lowest BCUT2D eigenvalue weighted by Gasteiger charge is -2.17. The Morgan fingerprint density at radius 3 is 1.78 bits per heavy atom. The van der Waals surface area contributed by atoms with E-state index in [2.05, 4.69) is 30.3 Å². The molecule has 32 heavy (non-hydrogen) atoms. The third kappa shape index (κ3) is 2.81. The van der Waals surface area contributed by atoms with Gasteiger partial charge in [0.05, 0.1) is 22.1 Å². The predicted octanol–water partition coefficient (Wildman–Crippen LogP) is 6.37. The fraction of sp³-hybridized carbons (Fsp3) is 0.0357. The van der Waals surface area contributed by atoms with Crippen LogP contribution >= 0.6 is 0 Å². The highest BCUT2D eigenvalue weighted by Crippen LogP contribution is 2.34. The standard InChI is InChI=1S/C28H19N3O/c1-31(19-9-3-2-4-10-19)28(32)18-15-16-24-25(17-18)30-27-23-14-8-6-12-21(23)20-11-5-7-13-22(20)26(27)29-24/h2-17H,1H3. The number of nitrogens with zero attached hydrogens (tertiary/aromatic N) is 3. The van der Waals surface area contributed by atoms with E-state index in [1.807, 2.05) is 66.7 Å². The molecule has 4 heteroatoms. The Balaban J connectivity index is 1.58. The van der Waals surface area contributed by atoms with E-state index in [9.17, 15) is 4.79 Å². The number of anilines is 1. The summed E-state index contributed by atoms with van der Waals surface area (Å²) in [6.45, 7) is 0. The SMILES string of the molecule is CN(C(=O)c1ccc2nc3c4ccccc4c4ccccc4c3nc2c1)c1ccccc1. The Bertz CT molecular complexity index is 1660. The number of benzene rings is 5. The molecule has 0 radical (unpaired) electrons. The van der Waals surface area contributed by atoms with Gasteiger partial charge < -0.3 is 4.90 Å². The maximum Gasteiger partial charge on any atom is 0.258 e. The lowest BCUT2D eigenvalue weighted by atomic mass is 9.99. The molecule has 1 aromatic heterocycles. The summed E-state index contributed by atoms with van der Waals surface area (Å²) in [5.74, 6) is -0.0802. The van der Waals surface area contributed by atoms with Crippen molar-refractivity contribution in [3.05, 3.63) is 103 Å². The first-order valence-corrected chi connectivity index (χ1v) is 10.5. The van der Waals surface area contributed by atoms with Crippen LogP contribution in [0.4, 0.5) is 5.69 Å². The fourth-order valence-electron chi connectivity index (χ4n) is 4.37. The number of hydrogen-bond donors (Lipinski definition) is 0. The molecular formula is C28H19N3O. The van der Waals surface area contributed by atoms with E-state index in [-0.39, 0.29) is 5.91 Å². The molecule has 0 saturated carbocycles. The minimum absolute atomic E-state index is 0.0802. The number of carbonyl (C=O) groups is 1. The quantitative estimate of drug-likeness (QED) is 0.245. The van der Waals surface area contributed by atoms with Crippen molar-refractivity contribution in [3.63, 3.8) is 0 Å². The minimum Gasteiger partial charge on any atom is -0.311 e. The van der Waals surface area contributed by atoms with E-state index in [0.717, 1.165) is 38.4 Å². The molecule has 5 aromatic carbocycles. The summed E-state index contributed by atoms with van der Waals surface area (Å²) in [5.41, 5.74) is 4.66. The molecule has 0 atom stereocenters. The van der Waals surface area contributed by atoms with Gasteiger partial charge in [0.25, 0.3) is 5.91 Å². The summed E-state index contributed by atoms with van der Waals surface area (Å²) in [7, 11) is 1.79. The van der Waals surface area contributed by atoms with Crippen molar-refractivity contribution >= 4 is 55.2 Å². The number of fused-ring (bicyclic) bond motifs is 7. The lowest BCUT2D eigenvalue weighted by molar-refractivity contribution is 0.0993. The summed E-state index contributed by atoms with van der Waals surface area (Å²) in [4.78, 5) is 24.7. The van der Waals surface area contributed by atoms with Crippen molar-refractivity contribution in [2.45, 2.75) is 0 Å². The van der Waals surface area contributed by atoms with Gasteiger partial charge in [0, 0.05) is 29.1 Å². The Kier molecular flexibility index (Phi) is 4.12. The topological polar surface area (TPSA) is 46.1 Å². The molecule has 4 nitrogen and oxygen atoms in total. The molecule has 0 aliphatic heterocycles. The third-order valence-corrected chi connectivity index (χ3v) is 6.01. The van der Waals surface area contributed by atoms with Crippen molar-refractivity contribution in [1.82, 2.24) is 9.97 Å². The average molecular weight is 413 g/mol. The summed E-state index contributed by atoms with van der Waals surface area (Å²) in [5, 5.41) is 4.47. The highest BCUT2D eigenvalue weighted by atomic mass is 16.2. The number of rotatable bonds is 2. The zero-order chi connectivity index (χ0) is 21.7. The zero-order valence-corrected chi connectivity index (χ0v) is 17.5. The third-order valence-electron chi connectivity index (χ3n) is 6.01. The van der Waals surface area contributed by atoms with Gasteiger partial charge in [-0.05, 0) is 41.1 Å². The van der Waals surface area contributed by atoms with E-state index >= 15 is 0 Å². The van der Waals surface area contributed by atoms with Crippen LogP contribution in [0.2, 0.25) is 0 Å². The normalized spacial score (nSPS) is 11.4. The van der Waals surface area contributed by atoms with Crippen LogP contribution in [0, 0.1) is 0 Å². The Hall–Kier alpha value is -4.31. The maximum absolute atomic E-state index is 13.1. The predicted molar refractivity (Wildman–Crippen MR) is 131 cm³/mol. The first-order chi connectivity index (χ1) is 15.7. The summed E-state index contributed by atoms with van der Waals surface area (Å²) in [6.07, 6.45) is 0. The van der Waals surface area contributed by atoms with E-state index in [1.54, 1.807) is 11.9 Å². The molecule has 1 heterocycles. The number of hydrogen-bond acceptors (Lipinski definition) is 3. The molecule has 0 bridgehead atoms. The molecule has 0 spiro atoms. The number of amides is 1. The Morgan fingerprint density at radius 2 is 1.16 bits per heavy atom. The van der Waals surface area contributed by atoms with Crippen LogP contribution in [-0.2, 0) is 0 Å². The monoisotopic (exact) mass is 413 g/mol. The molecule has 0 fully saturated rings. The Morgan fingerprint density at radius 1 is 0.625 bits per heavy atom. The van der Waals surface area contributed by atoms with Gasteiger partial charge in [-0.15, -0.1) is 0 Å². The molecule has 0 aliphatic rings.